The van der Waals surface area contributed by atoms with Crippen molar-refractivity contribution in [3.05, 3.63) is 59.7 Å². The van der Waals surface area contributed by atoms with Gasteiger partial charge in [-0.2, -0.15) is 0 Å². The van der Waals surface area contributed by atoms with Gasteiger partial charge in [0.2, 0.25) is 0 Å². The minimum atomic E-state index is -1.15. The van der Waals surface area contributed by atoms with Crippen molar-refractivity contribution in [3.8, 4) is 11.5 Å². The molecule has 0 saturated carbocycles. The molecule has 1 atom stereocenters. The van der Waals surface area contributed by atoms with E-state index in [0.717, 1.165) is 5.56 Å². The summed E-state index contributed by atoms with van der Waals surface area (Å²) < 4.78 is 16.7. The van der Waals surface area contributed by atoms with Crippen molar-refractivity contribution in [2.75, 3.05) is 6.61 Å². The van der Waals surface area contributed by atoms with Crippen molar-refractivity contribution in [3.63, 3.8) is 0 Å². The highest BCUT2D eigenvalue weighted by Gasteiger charge is 2.24. The fraction of sp³-hybridized carbons (Fsp3) is 0.391. The molecule has 2 rings (SSSR count). The average Bonchev–Trinajstić information content (AvgIpc) is 2.66. The van der Waals surface area contributed by atoms with Gasteiger partial charge in [-0.05, 0) is 51.0 Å². The number of ether oxygens (including phenoxy) is 3. The van der Waals surface area contributed by atoms with E-state index in [2.05, 4.69) is 5.32 Å². The predicted molar refractivity (Wildman–Crippen MR) is 113 cm³/mol. The molecule has 0 bridgehead atoms. The molecule has 1 amide bonds. The number of alkyl carbamates (subject to hydrolysis) is 1. The minimum Gasteiger partial charge on any atom is -0.490 e. The van der Waals surface area contributed by atoms with Gasteiger partial charge in [0.15, 0.2) is 11.5 Å². The Bertz CT molecular complexity index is 845. The second-order valence-electron chi connectivity index (χ2n) is 7.73. The van der Waals surface area contributed by atoms with Gasteiger partial charge in [-0.3, -0.25) is 0 Å². The second kappa shape index (κ2) is 10.5. The summed E-state index contributed by atoms with van der Waals surface area (Å²) in [4.78, 5) is 23.6. The number of carboxylic acid groups (broad SMARTS) is 1. The van der Waals surface area contributed by atoms with Crippen LogP contribution >= 0.6 is 0 Å². The normalized spacial score (nSPS) is 12.0. The summed E-state index contributed by atoms with van der Waals surface area (Å²) in [6.07, 6.45) is -0.698. The number of aliphatic carboxylic acids is 1. The van der Waals surface area contributed by atoms with Gasteiger partial charge in [0, 0.05) is 6.42 Å². The fourth-order valence-corrected chi connectivity index (χ4v) is 2.69. The highest BCUT2D eigenvalue weighted by Crippen LogP contribution is 2.30. The third kappa shape index (κ3) is 7.66. The lowest BCUT2D eigenvalue weighted by atomic mass is 10.1. The molecule has 0 saturated heterocycles. The minimum absolute atomic E-state index is 0.0770. The Balaban J connectivity index is 2.10. The summed E-state index contributed by atoms with van der Waals surface area (Å²) in [5, 5.41) is 11.9. The van der Waals surface area contributed by atoms with Gasteiger partial charge in [-0.25, -0.2) is 9.59 Å². The highest BCUT2D eigenvalue weighted by atomic mass is 16.6. The number of amides is 1. The van der Waals surface area contributed by atoms with Crippen LogP contribution in [0.2, 0.25) is 0 Å². The van der Waals surface area contributed by atoms with Gasteiger partial charge in [0.1, 0.15) is 18.2 Å². The molecule has 0 spiro atoms. The fourth-order valence-electron chi connectivity index (χ4n) is 2.69. The molecule has 0 aliphatic carbocycles. The summed E-state index contributed by atoms with van der Waals surface area (Å²) in [5.74, 6) is -0.0630. The van der Waals surface area contributed by atoms with Crippen LogP contribution in [-0.4, -0.2) is 35.4 Å². The molecule has 2 aromatic carbocycles. The Labute approximate surface area is 177 Å². The Morgan fingerprint density at radius 1 is 1.00 bits per heavy atom. The first kappa shape index (κ1) is 23.1. The third-order valence-corrected chi connectivity index (χ3v) is 3.97. The molecule has 0 aliphatic heterocycles. The zero-order valence-electron chi connectivity index (χ0n) is 17.8. The lowest BCUT2D eigenvalue weighted by Gasteiger charge is -2.22. The standard InChI is InChI=1S/C23H29NO6/c1-5-28-20-14-17(11-12-19(20)29-15-16-9-7-6-8-10-16)13-18(21(25)26)24-22(27)30-23(2,3)4/h6-12,14,18H,5,13,15H2,1-4H3,(H,24,27)(H,25,26). The van der Waals surface area contributed by atoms with Crippen LogP contribution in [0.1, 0.15) is 38.8 Å². The SMILES string of the molecule is CCOc1cc(CC(NC(=O)OC(C)(C)C)C(=O)O)ccc1OCc1ccccc1. The van der Waals surface area contributed by atoms with Crippen molar-refractivity contribution in [1.29, 1.82) is 0 Å². The van der Waals surface area contributed by atoms with Crippen molar-refractivity contribution >= 4 is 12.1 Å². The lowest BCUT2D eigenvalue weighted by molar-refractivity contribution is -0.139. The molecule has 30 heavy (non-hydrogen) atoms. The third-order valence-electron chi connectivity index (χ3n) is 3.97. The Hall–Kier alpha value is -3.22. The number of nitrogens with one attached hydrogen (secondary N) is 1. The van der Waals surface area contributed by atoms with E-state index in [-0.39, 0.29) is 6.42 Å². The topological polar surface area (TPSA) is 94.1 Å². The zero-order chi connectivity index (χ0) is 22.1. The predicted octanol–water partition coefficient (Wildman–Crippen LogP) is 4.18. The molecule has 7 nitrogen and oxygen atoms in total. The van der Waals surface area contributed by atoms with Crippen molar-refractivity contribution in [2.45, 2.75) is 52.4 Å². The van der Waals surface area contributed by atoms with Gasteiger partial charge in [-0.15, -0.1) is 0 Å². The van der Waals surface area contributed by atoms with Gasteiger partial charge in [-0.1, -0.05) is 36.4 Å². The van der Waals surface area contributed by atoms with E-state index >= 15 is 0 Å². The molecule has 0 aromatic heterocycles. The van der Waals surface area contributed by atoms with Crippen LogP contribution in [0.5, 0.6) is 11.5 Å². The smallest absolute Gasteiger partial charge is 0.408 e. The molecule has 0 fully saturated rings. The molecule has 162 valence electrons. The summed E-state index contributed by atoms with van der Waals surface area (Å²) >= 11 is 0. The summed E-state index contributed by atoms with van der Waals surface area (Å²) in [7, 11) is 0. The van der Waals surface area contributed by atoms with Crippen molar-refractivity contribution in [2.24, 2.45) is 0 Å². The largest absolute Gasteiger partial charge is 0.490 e. The zero-order valence-corrected chi connectivity index (χ0v) is 17.8. The number of carboxylic acids is 1. The van der Waals surface area contributed by atoms with E-state index in [1.165, 1.54) is 0 Å². The molecule has 0 aliphatic rings. The van der Waals surface area contributed by atoms with Crippen LogP contribution in [-0.2, 0) is 22.6 Å². The summed E-state index contributed by atoms with van der Waals surface area (Å²) in [6.45, 7) is 7.82. The maximum Gasteiger partial charge on any atom is 0.408 e. The number of hydrogen-bond acceptors (Lipinski definition) is 5. The van der Waals surface area contributed by atoms with Crippen LogP contribution < -0.4 is 14.8 Å². The van der Waals surface area contributed by atoms with E-state index in [9.17, 15) is 14.7 Å². The molecular formula is C23H29NO6. The molecule has 0 heterocycles. The highest BCUT2D eigenvalue weighted by molar-refractivity contribution is 5.80. The maximum absolute atomic E-state index is 12.0. The van der Waals surface area contributed by atoms with Gasteiger partial charge in [0.25, 0.3) is 0 Å². The van der Waals surface area contributed by atoms with Crippen LogP contribution in [0.15, 0.2) is 48.5 Å². The monoisotopic (exact) mass is 415 g/mol. The molecule has 2 N–H and O–H groups in total. The van der Waals surface area contributed by atoms with Crippen LogP contribution in [0.3, 0.4) is 0 Å². The Morgan fingerprint density at radius 3 is 2.30 bits per heavy atom. The quantitative estimate of drug-likeness (QED) is 0.638. The maximum atomic E-state index is 12.0. The summed E-state index contributed by atoms with van der Waals surface area (Å²) in [5.41, 5.74) is 0.998. The van der Waals surface area contributed by atoms with E-state index in [4.69, 9.17) is 14.2 Å². The molecule has 7 heteroatoms. The van der Waals surface area contributed by atoms with Crippen LogP contribution in [0.4, 0.5) is 4.79 Å². The second-order valence-corrected chi connectivity index (χ2v) is 7.73. The number of hydrogen-bond donors (Lipinski definition) is 2. The first-order chi connectivity index (χ1) is 14.2. The van der Waals surface area contributed by atoms with E-state index < -0.39 is 23.7 Å². The molecule has 0 radical (unpaired) electrons. The van der Waals surface area contributed by atoms with Gasteiger partial charge >= 0.3 is 12.1 Å². The van der Waals surface area contributed by atoms with E-state index in [1.807, 2.05) is 37.3 Å². The van der Waals surface area contributed by atoms with Gasteiger partial charge < -0.3 is 24.6 Å². The van der Waals surface area contributed by atoms with Gasteiger partial charge in [0.05, 0.1) is 6.61 Å². The van der Waals surface area contributed by atoms with Crippen molar-refractivity contribution < 1.29 is 28.9 Å². The van der Waals surface area contributed by atoms with Crippen molar-refractivity contribution in [1.82, 2.24) is 5.32 Å². The number of rotatable bonds is 9. The first-order valence-electron chi connectivity index (χ1n) is 9.82. The first-order valence-corrected chi connectivity index (χ1v) is 9.82. The average molecular weight is 415 g/mol. The van der Waals surface area contributed by atoms with E-state index in [0.29, 0.717) is 30.3 Å². The lowest BCUT2D eigenvalue weighted by Crippen LogP contribution is -2.44. The number of carbonyl (C=O) groups is 2. The van der Waals surface area contributed by atoms with E-state index in [1.54, 1.807) is 39.0 Å². The molecule has 2 aromatic rings. The Morgan fingerprint density at radius 2 is 1.70 bits per heavy atom. The van der Waals surface area contributed by atoms with Crippen LogP contribution in [0.25, 0.3) is 0 Å². The Kier molecular flexibility index (Phi) is 8.09. The number of carbonyl (C=O) groups excluding carboxylic acids is 1. The molecule has 1 unspecified atom stereocenters. The number of benzene rings is 2. The van der Waals surface area contributed by atoms with Crippen LogP contribution in [0, 0.1) is 0 Å². The summed E-state index contributed by atoms with van der Waals surface area (Å²) in [6, 6.07) is 13.9. The molecular weight excluding hydrogens is 386 g/mol.